The van der Waals surface area contributed by atoms with E-state index in [2.05, 4.69) is 4.98 Å². The molecule has 1 aromatic heterocycles. The molecule has 0 unspecified atom stereocenters. The smallest absolute Gasteiger partial charge is 0.358 e. The molecular weight excluding hydrogens is 194 g/mol. The molecule has 0 atom stereocenters. The Morgan fingerprint density at radius 2 is 2.33 bits per heavy atom. The van der Waals surface area contributed by atoms with Gasteiger partial charge in [0.1, 0.15) is 6.61 Å². The minimum absolute atomic E-state index is 0.0559. The summed E-state index contributed by atoms with van der Waals surface area (Å²) in [5.74, 6) is -0.787. The summed E-state index contributed by atoms with van der Waals surface area (Å²) in [6.45, 7) is 4.25. The van der Waals surface area contributed by atoms with E-state index < -0.39 is 5.97 Å². The molecule has 0 saturated heterocycles. The maximum atomic E-state index is 10.8. The quantitative estimate of drug-likeness (QED) is 0.768. The van der Waals surface area contributed by atoms with E-state index in [1.165, 1.54) is 6.20 Å². The van der Waals surface area contributed by atoms with Gasteiger partial charge in [-0.15, -0.1) is 0 Å². The van der Waals surface area contributed by atoms with E-state index in [1.807, 2.05) is 19.9 Å². The molecule has 1 N–H and O–H groups in total. The third-order valence-electron chi connectivity index (χ3n) is 1.70. The van der Waals surface area contributed by atoms with Gasteiger partial charge in [0.15, 0.2) is 11.4 Å². The van der Waals surface area contributed by atoms with Gasteiger partial charge in [0.2, 0.25) is 0 Å². The Labute approximate surface area is 88.2 Å². The summed E-state index contributed by atoms with van der Waals surface area (Å²) in [6, 6.07) is 3.24. The van der Waals surface area contributed by atoms with E-state index >= 15 is 0 Å². The lowest BCUT2D eigenvalue weighted by molar-refractivity contribution is 0.0686. The predicted octanol–water partition coefficient (Wildman–Crippen LogP) is 2.12. The third-order valence-corrected chi connectivity index (χ3v) is 1.70. The van der Waals surface area contributed by atoms with E-state index in [9.17, 15) is 4.79 Å². The zero-order chi connectivity index (χ0) is 11.3. The van der Waals surface area contributed by atoms with Crippen LogP contribution in [-0.2, 0) is 0 Å². The number of carbonyl (C=O) groups is 1. The molecule has 0 amide bonds. The van der Waals surface area contributed by atoms with Crippen LogP contribution in [0.5, 0.6) is 5.75 Å². The summed E-state index contributed by atoms with van der Waals surface area (Å²) < 4.78 is 5.29. The first-order chi connectivity index (χ1) is 7.11. The van der Waals surface area contributed by atoms with Gasteiger partial charge >= 0.3 is 5.97 Å². The molecular formula is C11H13NO3. The van der Waals surface area contributed by atoms with Crippen LogP contribution in [0.4, 0.5) is 0 Å². The van der Waals surface area contributed by atoms with E-state index in [4.69, 9.17) is 9.84 Å². The number of pyridine rings is 1. The summed E-state index contributed by atoms with van der Waals surface area (Å²) in [4.78, 5) is 14.5. The van der Waals surface area contributed by atoms with Crippen LogP contribution in [0, 0.1) is 0 Å². The van der Waals surface area contributed by atoms with Gasteiger partial charge in [-0.25, -0.2) is 9.78 Å². The van der Waals surface area contributed by atoms with Crippen LogP contribution in [0.1, 0.15) is 24.3 Å². The van der Waals surface area contributed by atoms with Gasteiger partial charge in [-0.1, -0.05) is 5.57 Å². The molecule has 0 radical (unpaired) electrons. The number of hydrogen-bond donors (Lipinski definition) is 1. The Kier molecular flexibility index (Phi) is 3.85. The standard InChI is InChI=1S/C11H13NO3/c1-8(2)5-7-15-9-4-3-6-12-10(9)11(13)14/h3-6H,7H2,1-2H3,(H,13,14). The van der Waals surface area contributed by atoms with E-state index in [0.717, 1.165) is 5.57 Å². The van der Waals surface area contributed by atoms with Crippen molar-refractivity contribution in [2.75, 3.05) is 6.61 Å². The van der Waals surface area contributed by atoms with Crippen molar-refractivity contribution in [2.45, 2.75) is 13.8 Å². The fourth-order valence-corrected chi connectivity index (χ4v) is 0.966. The minimum atomic E-state index is -1.08. The molecule has 0 aromatic carbocycles. The van der Waals surface area contributed by atoms with Gasteiger partial charge < -0.3 is 9.84 Å². The monoisotopic (exact) mass is 207 g/mol. The highest BCUT2D eigenvalue weighted by Crippen LogP contribution is 2.14. The molecule has 0 bridgehead atoms. The van der Waals surface area contributed by atoms with Crippen molar-refractivity contribution in [1.29, 1.82) is 0 Å². The highest BCUT2D eigenvalue weighted by molar-refractivity contribution is 5.88. The van der Waals surface area contributed by atoms with Crippen LogP contribution >= 0.6 is 0 Å². The molecule has 15 heavy (non-hydrogen) atoms. The normalized spacial score (nSPS) is 9.47. The fourth-order valence-electron chi connectivity index (χ4n) is 0.966. The summed E-state index contributed by atoms with van der Waals surface area (Å²) >= 11 is 0. The average Bonchev–Trinajstić information content (AvgIpc) is 2.17. The first-order valence-electron chi connectivity index (χ1n) is 4.55. The largest absolute Gasteiger partial charge is 0.487 e. The van der Waals surface area contributed by atoms with Gasteiger partial charge in [0, 0.05) is 6.20 Å². The number of hydrogen-bond acceptors (Lipinski definition) is 3. The van der Waals surface area contributed by atoms with Crippen LogP contribution in [0.2, 0.25) is 0 Å². The third kappa shape index (κ3) is 3.42. The van der Waals surface area contributed by atoms with Gasteiger partial charge in [-0.05, 0) is 32.1 Å². The number of carboxylic acid groups (broad SMARTS) is 1. The molecule has 4 heteroatoms. The second-order valence-corrected chi connectivity index (χ2v) is 3.25. The van der Waals surface area contributed by atoms with Crippen molar-refractivity contribution in [2.24, 2.45) is 0 Å². The molecule has 1 heterocycles. The van der Waals surface area contributed by atoms with E-state index in [0.29, 0.717) is 12.4 Å². The summed E-state index contributed by atoms with van der Waals surface area (Å²) in [5.41, 5.74) is 1.07. The second-order valence-electron chi connectivity index (χ2n) is 3.25. The summed E-state index contributed by atoms with van der Waals surface area (Å²) in [7, 11) is 0. The van der Waals surface area contributed by atoms with Crippen molar-refractivity contribution < 1.29 is 14.6 Å². The average molecular weight is 207 g/mol. The molecule has 0 aliphatic heterocycles. The van der Waals surface area contributed by atoms with Crippen molar-refractivity contribution >= 4 is 5.97 Å². The zero-order valence-electron chi connectivity index (χ0n) is 8.73. The molecule has 1 aromatic rings. The predicted molar refractivity (Wildman–Crippen MR) is 56.1 cm³/mol. The number of aromatic carboxylic acids is 1. The molecule has 0 fully saturated rings. The Balaban J connectivity index is 2.76. The van der Waals surface area contributed by atoms with Crippen LogP contribution < -0.4 is 4.74 Å². The molecule has 0 aliphatic carbocycles. The second kappa shape index (κ2) is 5.14. The lowest BCUT2D eigenvalue weighted by Crippen LogP contribution is -2.05. The fraction of sp³-hybridized carbons (Fsp3) is 0.273. The number of ether oxygens (including phenoxy) is 1. The van der Waals surface area contributed by atoms with Crippen LogP contribution in [0.15, 0.2) is 30.0 Å². The number of nitrogens with zero attached hydrogens (tertiary/aromatic N) is 1. The molecule has 4 nitrogen and oxygen atoms in total. The Morgan fingerprint density at radius 1 is 1.60 bits per heavy atom. The summed E-state index contributed by atoms with van der Waals surface area (Å²) in [5, 5.41) is 8.82. The SMILES string of the molecule is CC(C)=CCOc1cccnc1C(=O)O. The van der Waals surface area contributed by atoms with Crippen molar-refractivity contribution in [3.8, 4) is 5.75 Å². The Hall–Kier alpha value is -1.84. The van der Waals surface area contributed by atoms with Crippen molar-refractivity contribution in [3.05, 3.63) is 35.7 Å². The first kappa shape index (κ1) is 11.2. The van der Waals surface area contributed by atoms with Crippen LogP contribution in [0.25, 0.3) is 0 Å². The van der Waals surface area contributed by atoms with Gasteiger partial charge in [0.25, 0.3) is 0 Å². The number of rotatable bonds is 4. The number of carboxylic acids is 1. The molecule has 80 valence electrons. The minimum Gasteiger partial charge on any atom is -0.487 e. The highest BCUT2D eigenvalue weighted by atomic mass is 16.5. The Morgan fingerprint density at radius 3 is 2.93 bits per heavy atom. The molecule has 0 spiro atoms. The first-order valence-corrected chi connectivity index (χ1v) is 4.55. The van der Waals surface area contributed by atoms with Crippen molar-refractivity contribution in [1.82, 2.24) is 4.98 Å². The molecule has 0 saturated carbocycles. The number of allylic oxidation sites excluding steroid dienone is 1. The van der Waals surface area contributed by atoms with E-state index in [1.54, 1.807) is 12.1 Å². The maximum Gasteiger partial charge on any atom is 0.358 e. The van der Waals surface area contributed by atoms with Gasteiger partial charge in [0.05, 0.1) is 0 Å². The van der Waals surface area contributed by atoms with Gasteiger partial charge in [-0.2, -0.15) is 0 Å². The van der Waals surface area contributed by atoms with E-state index in [-0.39, 0.29) is 5.69 Å². The topological polar surface area (TPSA) is 59.4 Å². The maximum absolute atomic E-state index is 10.8. The Bertz CT molecular complexity index is 381. The summed E-state index contributed by atoms with van der Waals surface area (Å²) in [6.07, 6.45) is 3.30. The number of aromatic nitrogens is 1. The van der Waals surface area contributed by atoms with Crippen molar-refractivity contribution in [3.63, 3.8) is 0 Å². The lowest BCUT2D eigenvalue weighted by atomic mass is 10.3. The van der Waals surface area contributed by atoms with Crippen LogP contribution in [-0.4, -0.2) is 22.7 Å². The molecule has 0 aliphatic rings. The lowest BCUT2D eigenvalue weighted by Gasteiger charge is -2.05. The van der Waals surface area contributed by atoms with Gasteiger partial charge in [-0.3, -0.25) is 0 Å². The molecule has 1 rings (SSSR count). The highest BCUT2D eigenvalue weighted by Gasteiger charge is 2.11. The zero-order valence-corrected chi connectivity index (χ0v) is 8.73. The van der Waals surface area contributed by atoms with Crippen LogP contribution in [0.3, 0.4) is 0 Å².